The minimum atomic E-state index is -0.254. The first-order valence-electron chi connectivity index (χ1n) is 6.74. The van der Waals surface area contributed by atoms with E-state index in [-0.39, 0.29) is 17.9 Å². The molecular formula is C13H20N6O2. The Hall–Kier alpha value is -2.22. The van der Waals surface area contributed by atoms with E-state index in [2.05, 4.69) is 20.8 Å². The second-order valence-corrected chi connectivity index (χ2v) is 5.82. The molecule has 2 heterocycles. The highest BCUT2D eigenvalue weighted by Gasteiger charge is 2.19. The molecule has 0 aliphatic carbocycles. The van der Waals surface area contributed by atoms with Crippen molar-refractivity contribution in [1.82, 2.24) is 20.2 Å². The summed E-state index contributed by atoms with van der Waals surface area (Å²) >= 11 is 0. The lowest BCUT2D eigenvalue weighted by atomic mass is 9.92. The van der Waals surface area contributed by atoms with E-state index in [4.69, 9.17) is 10.3 Å². The van der Waals surface area contributed by atoms with Gasteiger partial charge in [0, 0.05) is 24.1 Å². The van der Waals surface area contributed by atoms with Crippen LogP contribution in [0.5, 0.6) is 0 Å². The highest BCUT2D eigenvalue weighted by Crippen LogP contribution is 2.23. The molecule has 3 N–H and O–H groups in total. The summed E-state index contributed by atoms with van der Waals surface area (Å²) in [5.74, 6) is 0.0722. The Bertz CT molecular complexity index is 610. The van der Waals surface area contributed by atoms with Crippen LogP contribution in [-0.4, -0.2) is 32.6 Å². The standard InChI is InChI=1S/C13H20N6O2/c1-13(2,3)10-6-12(21-17-10)15-11(20)8-19-7-9(4-5-14)16-18-19/h6-7H,4-5,8,14H2,1-3H3,(H,15,20). The van der Waals surface area contributed by atoms with Gasteiger partial charge in [-0.25, -0.2) is 4.68 Å². The molecule has 8 nitrogen and oxygen atoms in total. The molecule has 21 heavy (non-hydrogen) atoms. The largest absolute Gasteiger partial charge is 0.338 e. The van der Waals surface area contributed by atoms with Crippen LogP contribution in [-0.2, 0) is 23.2 Å². The zero-order valence-electron chi connectivity index (χ0n) is 12.5. The average molecular weight is 292 g/mol. The van der Waals surface area contributed by atoms with Gasteiger partial charge in [0.1, 0.15) is 6.54 Å². The van der Waals surface area contributed by atoms with Crippen LogP contribution in [0.25, 0.3) is 0 Å². The molecule has 2 rings (SSSR count). The molecule has 0 unspecified atom stereocenters. The number of rotatable bonds is 5. The molecule has 0 saturated heterocycles. The van der Waals surface area contributed by atoms with Gasteiger partial charge in [-0.2, -0.15) is 0 Å². The molecule has 0 saturated carbocycles. The molecule has 0 aliphatic heterocycles. The van der Waals surface area contributed by atoms with Crippen LogP contribution in [0.3, 0.4) is 0 Å². The van der Waals surface area contributed by atoms with Crippen LogP contribution in [0.1, 0.15) is 32.2 Å². The molecule has 0 atom stereocenters. The minimum absolute atomic E-state index is 0.0587. The molecule has 114 valence electrons. The zero-order chi connectivity index (χ0) is 15.5. The smallest absolute Gasteiger partial charge is 0.248 e. The van der Waals surface area contributed by atoms with Crippen molar-refractivity contribution in [2.75, 3.05) is 11.9 Å². The van der Waals surface area contributed by atoms with E-state index >= 15 is 0 Å². The van der Waals surface area contributed by atoms with Gasteiger partial charge < -0.3 is 10.3 Å². The molecule has 2 aromatic rings. The predicted molar refractivity (Wildman–Crippen MR) is 76.6 cm³/mol. The highest BCUT2D eigenvalue weighted by atomic mass is 16.5. The molecular weight excluding hydrogens is 272 g/mol. The van der Waals surface area contributed by atoms with E-state index in [1.54, 1.807) is 12.3 Å². The summed E-state index contributed by atoms with van der Waals surface area (Å²) < 4.78 is 6.56. The second-order valence-electron chi connectivity index (χ2n) is 5.82. The molecule has 0 spiro atoms. The van der Waals surface area contributed by atoms with Crippen molar-refractivity contribution >= 4 is 11.8 Å². The third-order valence-corrected chi connectivity index (χ3v) is 2.83. The summed E-state index contributed by atoms with van der Waals surface area (Å²) in [6.45, 7) is 6.61. The number of nitrogens with two attached hydrogens (primary N) is 1. The Morgan fingerprint density at radius 1 is 1.48 bits per heavy atom. The summed E-state index contributed by atoms with van der Waals surface area (Å²) in [5.41, 5.74) is 6.85. The molecule has 0 bridgehead atoms. The fourth-order valence-electron chi connectivity index (χ4n) is 1.69. The van der Waals surface area contributed by atoms with Gasteiger partial charge in [0.15, 0.2) is 0 Å². The van der Waals surface area contributed by atoms with Gasteiger partial charge in [0.2, 0.25) is 11.8 Å². The number of hydrogen-bond acceptors (Lipinski definition) is 6. The van der Waals surface area contributed by atoms with Gasteiger partial charge in [-0.1, -0.05) is 31.1 Å². The number of carbonyl (C=O) groups excluding carboxylic acids is 1. The number of amides is 1. The van der Waals surface area contributed by atoms with Crippen molar-refractivity contribution in [1.29, 1.82) is 0 Å². The molecule has 0 radical (unpaired) electrons. The van der Waals surface area contributed by atoms with Crippen molar-refractivity contribution in [3.8, 4) is 0 Å². The van der Waals surface area contributed by atoms with Crippen molar-refractivity contribution < 1.29 is 9.32 Å². The fraction of sp³-hybridized carbons (Fsp3) is 0.538. The average Bonchev–Trinajstić information content (AvgIpc) is 2.98. The predicted octanol–water partition coefficient (Wildman–Crippen LogP) is 0.703. The summed E-state index contributed by atoms with van der Waals surface area (Å²) in [6.07, 6.45) is 2.34. The highest BCUT2D eigenvalue weighted by molar-refractivity contribution is 5.89. The van der Waals surface area contributed by atoms with Crippen LogP contribution in [0.2, 0.25) is 0 Å². The Balaban J connectivity index is 1.93. The molecule has 2 aromatic heterocycles. The zero-order valence-corrected chi connectivity index (χ0v) is 12.5. The number of nitrogens with zero attached hydrogens (tertiary/aromatic N) is 4. The van der Waals surface area contributed by atoms with E-state index in [0.29, 0.717) is 18.8 Å². The van der Waals surface area contributed by atoms with Crippen LogP contribution < -0.4 is 11.1 Å². The molecule has 1 amide bonds. The maximum atomic E-state index is 11.9. The minimum Gasteiger partial charge on any atom is -0.338 e. The van der Waals surface area contributed by atoms with E-state index in [0.717, 1.165) is 11.4 Å². The normalized spacial score (nSPS) is 11.6. The van der Waals surface area contributed by atoms with E-state index in [1.165, 1.54) is 4.68 Å². The van der Waals surface area contributed by atoms with Gasteiger partial charge in [-0.05, 0) is 6.54 Å². The summed E-state index contributed by atoms with van der Waals surface area (Å²) in [6, 6.07) is 1.72. The van der Waals surface area contributed by atoms with Gasteiger partial charge in [-0.3, -0.25) is 10.1 Å². The van der Waals surface area contributed by atoms with Crippen LogP contribution >= 0.6 is 0 Å². The number of carbonyl (C=O) groups is 1. The molecule has 0 aromatic carbocycles. The van der Waals surface area contributed by atoms with Crippen molar-refractivity contribution in [3.05, 3.63) is 23.7 Å². The Morgan fingerprint density at radius 2 is 2.24 bits per heavy atom. The monoisotopic (exact) mass is 292 g/mol. The first kappa shape index (κ1) is 15.2. The lowest BCUT2D eigenvalue weighted by Gasteiger charge is -2.12. The third-order valence-electron chi connectivity index (χ3n) is 2.83. The second kappa shape index (κ2) is 6.04. The third kappa shape index (κ3) is 4.12. The molecule has 0 fully saturated rings. The van der Waals surface area contributed by atoms with Crippen molar-refractivity contribution in [2.24, 2.45) is 5.73 Å². The fourth-order valence-corrected chi connectivity index (χ4v) is 1.69. The van der Waals surface area contributed by atoms with Crippen molar-refractivity contribution in [3.63, 3.8) is 0 Å². The maximum Gasteiger partial charge on any atom is 0.248 e. The van der Waals surface area contributed by atoms with Gasteiger partial charge in [-0.15, -0.1) is 5.10 Å². The quantitative estimate of drug-likeness (QED) is 0.839. The lowest BCUT2D eigenvalue weighted by molar-refractivity contribution is -0.117. The molecule has 8 heteroatoms. The Kier molecular flexibility index (Phi) is 4.37. The van der Waals surface area contributed by atoms with E-state index in [9.17, 15) is 4.79 Å². The van der Waals surface area contributed by atoms with Gasteiger partial charge >= 0.3 is 0 Å². The van der Waals surface area contributed by atoms with Crippen LogP contribution in [0.4, 0.5) is 5.88 Å². The van der Waals surface area contributed by atoms with Gasteiger partial charge in [0.25, 0.3) is 0 Å². The summed E-state index contributed by atoms with van der Waals surface area (Å²) in [4.78, 5) is 11.9. The first-order valence-corrected chi connectivity index (χ1v) is 6.74. The maximum absolute atomic E-state index is 11.9. The number of hydrogen-bond donors (Lipinski definition) is 2. The van der Waals surface area contributed by atoms with Crippen LogP contribution in [0.15, 0.2) is 16.8 Å². The summed E-state index contributed by atoms with van der Waals surface area (Å²) in [7, 11) is 0. The number of anilines is 1. The Morgan fingerprint density at radius 3 is 2.86 bits per heavy atom. The van der Waals surface area contributed by atoms with Crippen molar-refractivity contribution in [2.45, 2.75) is 39.2 Å². The summed E-state index contributed by atoms with van der Waals surface area (Å²) in [5, 5.41) is 14.4. The number of nitrogens with one attached hydrogen (secondary N) is 1. The first-order chi connectivity index (χ1) is 9.88. The van der Waals surface area contributed by atoms with E-state index < -0.39 is 0 Å². The topological polar surface area (TPSA) is 112 Å². The van der Waals surface area contributed by atoms with Crippen LogP contribution in [0, 0.1) is 0 Å². The SMILES string of the molecule is CC(C)(C)c1cc(NC(=O)Cn2cc(CCN)nn2)on1. The van der Waals surface area contributed by atoms with E-state index in [1.807, 2.05) is 20.8 Å². The number of aromatic nitrogens is 4. The Labute approximate surface area is 122 Å². The van der Waals surface area contributed by atoms with Gasteiger partial charge in [0.05, 0.1) is 11.4 Å². The molecule has 0 aliphatic rings. The lowest BCUT2D eigenvalue weighted by Crippen LogP contribution is -2.19.